The molecule has 2 heterocycles. The number of hydrogen-bond acceptors (Lipinski definition) is 5. The highest BCUT2D eigenvalue weighted by atomic mass is 15.3. The second kappa shape index (κ2) is 6.70. The summed E-state index contributed by atoms with van der Waals surface area (Å²) in [6.45, 7) is 3.97. The Balaban J connectivity index is 1.53. The van der Waals surface area contributed by atoms with E-state index in [1.54, 1.807) is 4.68 Å². The Bertz CT molecular complexity index is 853. The predicted molar refractivity (Wildman–Crippen MR) is 101 cm³/mol. The SMILES string of the molecule is CC(CNc1nc(NCC2CC2)c2cnn(C)c2n1)c1ccccc1. The second-order valence-electron chi connectivity index (χ2n) is 6.92. The molecule has 2 aromatic heterocycles. The number of fused-ring (bicyclic) bond motifs is 1. The molecule has 0 aliphatic heterocycles. The van der Waals surface area contributed by atoms with Crippen molar-refractivity contribution in [2.24, 2.45) is 13.0 Å². The first kappa shape index (κ1) is 15.9. The number of nitrogens with one attached hydrogen (secondary N) is 2. The number of rotatable bonds is 7. The van der Waals surface area contributed by atoms with Crippen LogP contribution in [0.2, 0.25) is 0 Å². The van der Waals surface area contributed by atoms with Crippen molar-refractivity contribution in [1.82, 2.24) is 19.7 Å². The summed E-state index contributed by atoms with van der Waals surface area (Å²) in [5.41, 5.74) is 2.16. The third-order valence-electron chi connectivity index (χ3n) is 4.78. The van der Waals surface area contributed by atoms with Crippen LogP contribution in [0.15, 0.2) is 36.5 Å². The van der Waals surface area contributed by atoms with Gasteiger partial charge < -0.3 is 10.6 Å². The van der Waals surface area contributed by atoms with Gasteiger partial charge in [-0.2, -0.15) is 15.1 Å². The Morgan fingerprint density at radius 3 is 2.72 bits per heavy atom. The molecule has 1 atom stereocenters. The van der Waals surface area contributed by atoms with Crippen LogP contribution in [-0.2, 0) is 7.05 Å². The highest BCUT2D eigenvalue weighted by Gasteiger charge is 2.22. The first-order valence-corrected chi connectivity index (χ1v) is 8.93. The Labute approximate surface area is 147 Å². The van der Waals surface area contributed by atoms with Gasteiger partial charge >= 0.3 is 0 Å². The van der Waals surface area contributed by atoms with Crippen LogP contribution in [0.5, 0.6) is 0 Å². The zero-order chi connectivity index (χ0) is 17.2. The van der Waals surface area contributed by atoms with Crippen molar-refractivity contribution in [1.29, 1.82) is 0 Å². The molecule has 1 aliphatic carbocycles. The number of nitrogens with zero attached hydrogens (tertiary/aromatic N) is 4. The van der Waals surface area contributed by atoms with E-state index in [0.29, 0.717) is 11.9 Å². The molecule has 25 heavy (non-hydrogen) atoms. The molecule has 0 bridgehead atoms. The summed E-state index contributed by atoms with van der Waals surface area (Å²) in [5, 5.41) is 12.2. The van der Waals surface area contributed by atoms with E-state index >= 15 is 0 Å². The smallest absolute Gasteiger partial charge is 0.226 e. The number of aromatic nitrogens is 4. The van der Waals surface area contributed by atoms with Gasteiger partial charge in [0.1, 0.15) is 5.82 Å². The monoisotopic (exact) mass is 336 g/mol. The summed E-state index contributed by atoms with van der Waals surface area (Å²) in [7, 11) is 1.91. The largest absolute Gasteiger partial charge is 0.369 e. The molecule has 4 rings (SSSR count). The van der Waals surface area contributed by atoms with Crippen molar-refractivity contribution in [2.45, 2.75) is 25.7 Å². The molecule has 0 amide bonds. The first-order chi connectivity index (χ1) is 12.2. The van der Waals surface area contributed by atoms with Gasteiger partial charge in [0.05, 0.1) is 11.6 Å². The van der Waals surface area contributed by atoms with Crippen LogP contribution < -0.4 is 10.6 Å². The molecular weight excluding hydrogens is 312 g/mol. The van der Waals surface area contributed by atoms with Gasteiger partial charge in [-0.25, -0.2) is 0 Å². The number of anilines is 2. The molecule has 2 N–H and O–H groups in total. The van der Waals surface area contributed by atoms with Crippen molar-refractivity contribution >= 4 is 22.8 Å². The normalized spacial score (nSPS) is 15.3. The Kier molecular flexibility index (Phi) is 4.26. The molecule has 1 aliphatic rings. The standard InChI is InChI=1S/C19H24N6/c1-13(15-6-4-3-5-7-15)10-21-19-23-17(20-11-14-8-9-14)16-12-22-25(2)18(16)24-19/h3-7,12-14H,8-11H2,1-2H3,(H2,20,21,23,24). The number of aryl methyl sites for hydroxylation is 1. The van der Waals surface area contributed by atoms with Gasteiger partial charge in [-0.05, 0) is 30.2 Å². The van der Waals surface area contributed by atoms with E-state index in [1.165, 1.54) is 18.4 Å². The number of hydrogen-bond donors (Lipinski definition) is 2. The van der Waals surface area contributed by atoms with E-state index in [1.807, 2.05) is 19.3 Å². The zero-order valence-electron chi connectivity index (χ0n) is 14.7. The Morgan fingerprint density at radius 2 is 1.96 bits per heavy atom. The van der Waals surface area contributed by atoms with Gasteiger partial charge in [-0.15, -0.1) is 0 Å². The van der Waals surface area contributed by atoms with Crippen molar-refractivity contribution < 1.29 is 0 Å². The van der Waals surface area contributed by atoms with E-state index in [-0.39, 0.29) is 0 Å². The molecule has 0 spiro atoms. The van der Waals surface area contributed by atoms with Crippen LogP contribution >= 0.6 is 0 Å². The van der Waals surface area contributed by atoms with Crippen molar-refractivity contribution in [3.63, 3.8) is 0 Å². The van der Waals surface area contributed by atoms with Crippen LogP contribution in [0.1, 0.15) is 31.2 Å². The second-order valence-corrected chi connectivity index (χ2v) is 6.92. The molecular formula is C19H24N6. The molecule has 0 saturated heterocycles. The van der Waals surface area contributed by atoms with Crippen LogP contribution in [0.3, 0.4) is 0 Å². The average molecular weight is 336 g/mol. The fraction of sp³-hybridized carbons (Fsp3) is 0.421. The van der Waals surface area contributed by atoms with Gasteiger partial charge in [0.2, 0.25) is 5.95 Å². The van der Waals surface area contributed by atoms with Crippen LogP contribution in [-0.4, -0.2) is 32.8 Å². The maximum atomic E-state index is 4.69. The third-order valence-corrected chi connectivity index (χ3v) is 4.78. The Hall–Kier alpha value is -2.63. The van der Waals surface area contributed by atoms with Crippen molar-refractivity contribution in [3.05, 3.63) is 42.1 Å². The fourth-order valence-corrected chi connectivity index (χ4v) is 2.94. The summed E-state index contributed by atoms with van der Waals surface area (Å²) in [5.74, 6) is 2.70. The minimum absolute atomic E-state index is 0.384. The third kappa shape index (κ3) is 3.57. The lowest BCUT2D eigenvalue weighted by atomic mass is 10.0. The molecule has 1 saturated carbocycles. The van der Waals surface area contributed by atoms with Crippen molar-refractivity contribution in [2.75, 3.05) is 23.7 Å². The molecule has 6 heteroatoms. The van der Waals surface area contributed by atoms with E-state index in [0.717, 1.165) is 35.9 Å². The topological polar surface area (TPSA) is 67.7 Å². The minimum atomic E-state index is 0.384. The highest BCUT2D eigenvalue weighted by molar-refractivity contribution is 5.87. The van der Waals surface area contributed by atoms with Crippen LogP contribution in [0.25, 0.3) is 11.0 Å². The summed E-state index contributed by atoms with van der Waals surface area (Å²) in [4.78, 5) is 9.33. The molecule has 130 valence electrons. The summed E-state index contributed by atoms with van der Waals surface area (Å²) >= 11 is 0. The summed E-state index contributed by atoms with van der Waals surface area (Å²) < 4.78 is 1.80. The van der Waals surface area contributed by atoms with Gasteiger partial charge in [0.15, 0.2) is 5.65 Å². The molecule has 1 aromatic carbocycles. The van der Waals surface area contributed by atoms with Gasteiger partial charge in [0, 0.05) is 20.1 Å². The summed E-state index contributed by atoms with van der Waals surface area (Å²) in [6, 6.07) is 10.5. The van der Waals surface area contributed by atoms with E-state index in [2.05, 4.69) is 51.9 Å². The first-order valence-electron chi connectivity index (χ1n) is 8.93. The zero-order valence-corrected chi connectivity index (χ0v) is 14.7. The van der Waals surface area contributed by atoms with Crippen LogP contribution in [0, 0.1) is 5.92 Å². The van der Waals surface area contributed by atoms with E-state index < -0.39 is 0 Å². The fourth-order valence-electron chi connectivity index (χ4n) is 2.94. The lowest BCUT2D eigenvalue weighted by molar-refractivity contribution is 0.779. The molecule has 1 unspecified atom stereocenters. The quantitative estimate of drug-likeness (QED) is 0.692. The van der Waals surface area contributed by atoms with Gasteiger partial charge in [0.25, 0.3) is 0 Å². The lowest BCUT2D eigenvalue weighted by Gasteiger charge is -2.14. The molecule has 3 aromatic rings. The van der Waals surface area contributed by atoms with Crippen LogP contribution in [0.4, 0.5) is 11.8 Å². The van der Waals surface area contributed by atoms with Gasteiger partial charge in [-0.3, -0.25) is 4.68 Å². The predicted octanol–water partition coefficient (Wildman–Crippen LogP) is 3.40. The maximum absolute atomic E-state index is 4.69. The molecule has 1 fully saturated rings. The summed E-state index contributed by atoms with van der Waals surface area (Å²) in [6.07, 6.45) is 4.46. The highest BCUT2D eigenvalue weighted by Crippen LogP contribution is 2.30. The Morgan fingerprint density at radius 1 is 1.16 bits per heavy atom. The average Bonchev–Trinajstić information content (AvgIpc) is 3.41. The molecule has 6 nitrogen and oxygen atoms in total. The lowest BCUT2D eigenvalue weighted by Crippen LogP contribution is -2.14. The van der Waals surface area contributed by atoms with Crippen molar-refractivity contribution in [3.8, 4) is 0 Å². The number of benzene rings is 1. The van der Waals surface area contributed by atoms with E-state index in [9.17, 15) is 0 Å². The minimum Gasteiger partial charge on any atom is -0.369 e. The maximum Gasteiger partial charge on any atom is 0.226 e. The molecule has 0 radical (unpaired) electrons. The van der Waals surface area contributed by atoms with E-state index in [4.69, 9.17) is 4.98 Å². The van der Waals surface area contributed by atoms with Gasteiger partial charge in [-0.1, -0.05) is 37.3 Å².